The Morgan fingerprint density at radius 1 is 1.03 bits per heavy atom. The van der Waals surface area contributed by atoms with Crippen LogP contribution in [0.15, 0.2) is 60.7 Å². The van der Waals surface area contributed by atoms with Crippen molar-refractivity contribution < 1.29 is 28.8 Å². The molecule has 3 aromatic rings. The first-order valence-electron chi connectivity index (χ1n) is 13.0. The zero-order valence-electron chi connectivity index (χ0n) is 23.5. The molecular weight excluding hydrogens is 494 g/mol. The maximum Gasteiger partial charge on any atom is 0.411 e. The lowest BCUT2D eigenvalue weighted by Crippen LogP contribution is -2.42. The van der Waals surface area contributed by atoms with E-state index in [1.54, 1.807) is 24.1 Å². The highest BCUT2D eigenvalue weighted by molar-refractivity contribution is 5.71. The average molecular weight is 532 g/mol. The van der Waals surface area contributed by atoms with E-state index in [1.165, 1.54) is 7.11 Å². The molecular formula is C32H37NO6. The maximum atomic E-state index is 13.3. The van der Waals surface area contributed by atoms with Gasteiger partial charge in [-0.3, -0.25) is 4.90 Å². The normalized spacial score (nSPS) is 15.1. The van der Waals surface area contributed by atoms with E-state index in [0.717, 1.165) is 27.8 Å². The number of aryl methyl sites for hydroxylation is 1. The van der Waals surface area contributed by atoms with Crippen LogP contribution in [0.1, 0.15) is 54.6 Å². The number of benzene rings is 3. The Bertz CT molecular complexity index is 1340. The standard InChI is InChI=1S/C32H37NO6/c1-21-16-28(36-5)27(34)17-23(21)12-13-26-25-19-29(37-6)30(38-20-22-10-8-7-9-11-22)18-24(25)14-15-33(26)31(35)39-32(2,3)4/h7-13,16-19,26,34H,14-15,20H2,1-6H3/b13-12+. The number of nitrogens with zero attached hydrogens (tertiary/aromatic N) is 1. The lowest BCUT2D eigenvalue weighted by molar-refractivity contribution is 0.0185. The number of aromatic hydroxyl groups is 1. The summed E-state index contributed by atoms with van der Waals surface area (Å²) in [5.74, 6) is 1.71. The summed E-state index contributed by atoms with van der Waals surface area (Å²) in [5.41, 5.74) is 4.19. The molecule has 3 aromatic carbocycles. The third kappa shape index (κ3) is 6.66. The summed E-state index contributed by atoms with van der Waals surface area (Å²) in [6.07, 6.45) is 4.13. The highest BCUT2D eigenvalue weighted by atomic mass is 16.6. The van der Waals surface area contributed by atoms with E-state index in [4.69, 9.17) is 18.9 Å². The van der Waals surface area contributed by atoms with E-state index < -0.39 is 11.6 Å². The van der Waals surface area contributed by atoms with Gasteiger partial charge in [-0.2, -0.15) is 0 Å². The molecule has 0 aliphatic carbocycles. The summed E-state index contributed by atoms with van der Waals surface area (Å²) in [4.78, 5) is 15.0. The number of ether oxygens (including phenoxy) is 4. The van der Waals surface area contributed by atoms with Crippen LogP contribution < -0.4 is 14.2 Å². The molecule has 206 valence electrons. The van der Waals surface area contributed by atoms with E-state index in [0.29, 0.717) is 36.8 Å². The van der Waals surface area contributed by atoms with Gasteiger partial charge in [-0.15, -0.1) is 0 Å². The second-order valence-electron chi connectivity index (χ2n) is 10.6. The molecule has 1 amide bonds. The Morgan fingerprint density at radius 2 is 1.74 bits per heavy atom. The van der Waals surface area contributed by atoms with E-state index >= 15 is 0 Å². The van der Waals surface area contributed by atoms with Crippen molar-refractivity contribution >= 4 is 12.2 Å². The van der Waals surface area contributed by atoms with Crippen LogP contribution in [-0.4, -0.2) is 42.5 Å². The van der Waals surface area contributed by atoms with Crippen molar-refractivity contribution in [1.82, 2.24) is 4.90 Å². The predicted molar refractivity (Wildman–Crippen MR) is 152 cm³/mol. The van der Waals surface area contributed by atoms with Crippen molar-refractivity contribution in [1.29, 1.82) is 0 Å². The second kappa shape index (κ2) is 11.7. The smallest absolute Gasteiger partial charge is 0.411 e. The highest BCUT2D eigenvalue weighted by Crippen LogP contribution is 2.40. The van der Waals surface area contributed by atoms with Gasteiger partial charge in [-0.05, 0) is 86.2 Å². The number of carbonyl (C=O) groups is 1. The van der Waals surface area contributed by atoms with Crippen LogP contribution in [0.4, 0.5) is 4.79 Å². The fraction of sp³-hybridized carbons (Fsp3) is 0.344. The first-order valence-corrected chi connectivity index (χ1v) is 13.0. The molecule has 0 saturated carbocycles. The summed E-state index contributed by atoms with van der Waals surface area (Å²) in [7, 11) is 3.13. The number of rotatable bonds is 7. The first-order chi connectivity index (χ1) is 18.6. The molecule has 0 fully saturated rings. The van der Waals surface area contributed by atoms with Gasteiger partial charge in [-0.1, -0.05) is 42.5 Å². The Hall–Kier alpha value is -4.13. The van der Waals surface area contributed by atoms with Crippen LogP contribution in [-0.2, 0) is 17.8 Å². The molecule has 1 aliphatic heterocycles. The van der Waals surface area contributed by atoms with Crippen molar-refractivity contribution in [2.24, 2.45) is 0 Å². The topological polar surface area (TPSA) is 77.5 Å². The number of carbonyl (C=O) groups excluding carboxylic acids is 1. The molecule has 39 heavy (non-hydrogen) atoms. The number of hydrogen-bond donors (Lipinski definition) is 1. The summed E-state index contributed by atoms with van der Waals surface area (Å²) in [5, 5.41) is 10.3. The number of hydrogen-bond acceptors (Lipinski definition) is 6. The first kappa shape index (κ1) is 27.9. The molecule has 7 heteroatoms. The summed E-state index contributed by atoms with van der Waals surface area (Å²) >= 11 is 0. The van der Waals surface area contributed by atoms with Crippen molar-refractivity contribution in [2.75, 3.05) is 20.8 Å². The SMILES string of the molecule is COc1cc(C)c(/C=C/C2c3cc(OC)c(OCc4ccccc4)cc3CCN2C(=O)OC(C)(C)C)cc1O. The van der Waals surface area contributed by atoms with Crippen molar-refractivity contribution in [3.63, 3.8) is 0 Å². The van der Waals surface area contributed by atoms with E-state index in [9.17, 15) is 9.90 Å². The second-order valence-corrected chi connectivity index (χ2v) is 10.6. The third-order valence-electron chi connectivity index (χ3n) is 6.59. The molecule has 1 heterocycles. The van der Waals surface area contributed by atoms with E-state index in [-0.39, 0.29) is 11.8 Å². The Balaban J connectivity index is 1.71. The minimum atomic E-state index is -0.628. The molecule has 7 nitrogen and oxygen atoms in total. The van der Waals surface area contributed by atoms with Gasteiger partial charge in [0, 0.05) is 6.54 Å². The lowest BCUT2D eigenvalue weighted by atomic mass is 9.91. The number of phenolic OH excluding ortho intramolecular Hbond substituents is 1. The zero-order valence-corrected chi connectivity index (χ0v) is 23.5. The van der Waals surface area contributed by atoms with Gasteiger partial charge >= 0.3 is 6.09 Å². The van der Waals surface area contributed by atoms with Gasteiger partial charge in [-0.25, -0.2) is 4.79 Å². The number of methoxy groups -OCH3 is 2. The van der Waals surface area contributed by atoms with E-state index in [1.807, 2.05) is 82.3 Å². The largest absolute Gasteiger partial charge is 0.504 e. The molecule has 1 N–H and O–H groups in total. The Labute approximate surface area is 230 Å². The van der Waals surface area contributed by atoms with Gasteiger partial charge in [0.05, 0.1) is 20.3 Å². The van der Waals surface area contributed by atoms with Crippen LogP contribution in [0.2, 0.25) is 0 Å². The monoisotopic (exact) mass is 531 g/mol. The van der Waals surface area contributed by atoms with Crippen LogP contribution in [0.5, 0.6) is 23.0 Å². The molecule has 0 bridgehead atoms. The van der Waals surface area contributed by atoms with Crippen molar-refractivity contribution in [3.05, 3.63) is 88.5 Å². The third-order valence-corrected chi connectivity index (χ3v) is 6.59. The molecule has 1 unspecified atom stereocenters. The molecule has 0 saturated heterocycles. The predicted octanol–water partition coefficient (Wildman–Crippen LogP) is 6.84. The average Bonchev–Trinajstić information content (AvgIpc) is 2.90. The minimum Gasteiger partial charge on any atom is -0.504 e. The Morgan fingerprint density at radius 3 is 2.41 bits per heavy atom. The maximum absolute atomic E-state index is 13.3. The van der Waals surface area contributed by atoms with Crippen LogP contribution in [0.25, 0.3) is 6.08 Å². The van der Waals surface area contributed by atoms with Crippen LogP contribution in [0.3, 0.4) is 0 Å². The zero-order chi connectivity index (χ0) is 28.2. The summed E-state index contributed by atoms with van der Waals surface area (Å²) in [6, 6.07) is 17.0. The summed E-state index contributed by atoms with van der Waals surface area (Å²) < 4.78 is 22.9. The number of phenols is 1. The van der Waals surface area contributed by atoms with E-state index in [2.05, 4.69) is 0 Å². The molecule has 4 rings (SSSR count). The van der Waals surface area contributed by atoms with Crippen LogP contribution >= 0.6 is 0 Å². The van der Waals surface area contributed by atoms with Crippen LogP contribution in [0, 0.1) is 6.92 Å². The number of fused-ring (bicyclic) bond motifs is 1. The van der Waals surface area contributed by atoms with Gasteiger partial charge in [0.25, 0.3) is 0 Å². The minimum absolute atomic E-state index is 0.0534. The lowest BCUT2D eigenvalue weighted by Gasteiger charge is -2.37. The fourth-order valence-corrected chi connectivity index (χ4v) is 4.62. The number of amides is 1. The van der Waals surface area contributed by atoms with Crippen molar-refractivity contribution in [2.45, 2.75) is 52.4 Å². The van der Waals surface area contributed by atoms with Gasteiger partial charge in [0.15, 0.2) is 23.0 Å². The van der Waals surface area contributed by atoms with Gasteiger partial charge in [0.1, 0.15) is 12.2 Å². The fourth-order valence-electron chi connectivity index (χ4n) is 4.62. The van der Waals surface area contributed by atoms with Crippen molar-refractivity contribution in [3.8, 4) is 23.0 Å². The molecule has 1 aliphatic rings. The molecule has 0 aromatic heterocycles. The Kier molecular flexibility index (Phi) is 8.38. The molecule has 0 radical (unpaired) electrons. The molecule has 1 atom stereocenters. The van der Waals surface area contributed by atoms with Gasteiger partial charge in [0.2, 0.25) is 0 Å². The highest BCUT2D eigenvalue weighted by Gasteiger charge is 2.33. The quantitative estimate of drug-likeness (QED) is 0.360. The van der Waals surface area contributed by atoms with Gasteiger partial charge < -0.3 is 24.1 Å². The molecule has 0 spiro atoms. The summed E-state index contributed by atoms with van der Waals surface area (Å²) in [6.45, 7) is 8.42.